The molecular formula is C37H21N5O3. The van der Waals surface area contributed by atoms with Gasteiger partial charge in [0, 0.05) is 12.6 Å². The molecule has 5 aromatic rings. The van der Waals surface area contributed by atoms with E-state index in [1.807, 2.05) is 72.8 Å². The highest BCUT2D eigenvalue weighted by Crippen LogP contribution is 2.48. The Hall–Kier alpha value is -6.87. The molecule has 0 N–H and O–H groups in total. The van der Waals surface area contributed by atoms with Gasteiger partial charge < -0.3 is 14.4 Å². The molecule has 1 aliphatic heterocycles. The summed E-state index contributed by atoms with van der Waals surface area (Å²) in [6.45, 7) is 0. The lowest BCUT2D eigenvalue weighted by Gasteiger charge is -2.38. The van der Waals surface area contributed by atoms with Crippen molar-refractivity contribution in [1.29, 1.82) is 21.0 Å². The predicted octanol–water partition coefficient (Wildman–Crippen LogP) is 7.14. The molecule has 0 aliphatic carbocycles. The van der Waals surface area contributed by atoms with Crippen LogP contribution in [0.5, 0.6) is 23.0 Å². The van der Waals surface area contributed by atoms with Gasteiger partial charge >= 0.3 is 0 Å². The molecule has 212 valence electrons. The van der Waals surface area contributed by atoms with E-state index in [1.165, 1.54) is 12.1 Å². The summed E-state index contributed by atoms with van der Waals surface area (Å²) in [5.41, 5.74) is 3.12. The molecule has 8 heteroatoms. The number of carbonyl (C=O) groups is 1. The normalized spacial score (nSPS) is 12.6. The summed E-state index contributed by atoms with van der Waals surface area (Å²) in [6, 6.07) is 39.8. The Morgan fingerprint density at radius 2 is 0.978 bits per heavy atom. The smallest absolute Gasteiger partial charge is 0.255 e. The minimum Gasteiger partial charge on any atom is -0.457 e. The first-order chi connectivity index (χ1) is 21.9. The molecule has 6 rings (SSSR count). The second-order valence-corrected chi connectivity index (χ2v) is 10.2. The van der Waals surface area contributed by atoms with Gasteiger partial charge in [0.15, 0.2) is 0 Å². The number of nitrogens with zero attached hydrogens (tertiary/aromatic N) is 5. The Labute approximate surface area is 259 Å². The molecule has 0 saturated heterocycles. The van der Waals surface area contributed by atoms with Crippen LogP contribution in [0.25, 0.3) is 0 Å². The van der Waals surface area contributed by atoms with Crippen molar-refractivity contribution in [2.45, 2.75) is 5.54 Å². The van der Waals surface area contributed by atoms with Crippen LogP contribution >= 0.6 is 0 Å². The number of fused-ring (bicyclic) bond motifs is 1. The summed E-state index contributed by atoms with van der Waals surface area (Å²) >= 11 is 0. The molecule has 1 aliphatic rings. The molecule has 5 aromatic carbocycles. The van der Waals surface area contributed by atoms with E-state index in [9.17, 15) is 25.8 Å². The molecule has 8 nitrogen and oxygen atoms in total. The topological polar surface area (TPSA) is 134 Å². The van der Waals surface area contributed by atoms with Crippen molar-refractivity contribution in [3.8, 4) is 47.3 Å². The lowest BCUT2D eigenvalue weighted by Crippen LogP contribution is -2.43. The number of nitriles is 4. The quantitative estimate of drug-likeness (QED) is 0.207. The molecular weight excluding hydrogens is 562 g/mol. The molecule has 0 aromatic heterocycles. The van der Waals surface area contributed by atoms with Gasteiger partial charge in [-0.2, -0.15) is 21.0 Å². The minimum atomic E-state index is -0.963. The van der Waals surface area contributed by atoms with Crippen molar-refractivity contribution in [1.82, 2.24) is 4.90 Å². The summed E-state index contributed by atoms with van der Waals surface area (Å²) in [7, 11) is 1.78. The Balaban J connectivity index is 1.38. The van der Waals surface area contributed by atoms with Crippen molar-refractivity contribution in [2.24, 2.45) is 0 Å². The van der Waals surface area contributed by atoms with E-state index in [1.54, 1.807) is 60.5 Å². The highest BCUT2D eigenvalue weighted by molar-refractivity contribution is 6.01. The number of carbonyl (C=O) groups excluding carboxylic acids is 1. The van der Waals surface area contributed by atoms with Crippen LogP contribution in [0, 0.1) is 45.3 Å². The average Bonchev–Trinajstić information content (AvgIpc) is 3.31. The van der Waals surface area contributed by atoms with Crippen molar-refractivity contribution in [3.05, 3.63) is 154 Å². The van der Waals surface area contributed by atoms with Crippen LogP contribution in [-0.4, -0.2) is 17.9 Å². The third-order valence-corrected chi connectivity index (χ3v) is 7.83. The van der Waals surface area contributed by atoms with E-state index < -0.39 is 5.54 Å². The zero-order valence-electron chi connectivity index (χ0n) is 23.9. The van der Waals surface area contributed by atoms with Crippen LogP contribution in [0.2, 0.25) is 0 Å². The van der Waals surface area contributed by atoms with E-state index in [-0.39, 0.29) is 28.2 Å². The van der Waals surface area contributed by atoms with E-state index in [2.05, 4.69) is 0 Å². The van der Waals surface area contributed by atoms with Crippen molar-refractivity contribution in [2.75, 3.05) is 7.05 Å². The molecule has 1 amide bonds. The predicted molar refractivity (Wildman–Crippen MR) is 163 cm³/mol. The van der Waals surface area contributed by atoms with Gasteiger partial charge in [-0.3, -0.25) is 4.79 Å². The summed E-state index contributed by atoms with van der Waals surface area (Å²) in [5, 5.41) is 37.2. The van der Waals surface area contributed by atoms with Crippen LogP contribution < -0.4 is 9.47 Å². The van der Waals surface area contributed by atoms with Gasteiger partial charge in [0.05, 0.1) is 22.3 Å². The summed E-state index contributed by atoms with van der Waals surface area (Å²) in [4.78, 5) is 15.3. The van der Waals surface area contributed by atoms with Crippen LogP contribution in [0.1, 0.15) is 49.3 Å². The number of hydrogen-bond donors (Lipinski definition) is 0. The third-order valence-electron chi connectivity index (χ3n) is 7.83. The zero-order valence-corrected chi connectivity index (χ0v) is 23.9. The number of rotatable bonds is 6. The van der Waals surface area contributed by atoms with Crippen LogP contribution in [0.15, 0.2) is 109 Å². The van der Waals surface area contributed by atoms with Gasteiger partial charge in [-0.05, 0) is 83.4 Å². The van der Waals surface area contributed by atoms with E-state index >= 15 is 0 Å². The summed E-state index contributed by atoms with van der Waals surface area (Å²) < 4.78 is 12.0. The Kier molecular flexibility index (Phi) is 7.18. The molecule has 0 atom stereocenters. The molecule has 0 saturated carbocycles. The van der Waals surface area contributed by atoms with Crippen molar-refractivity contribution < 1.29 is 14.3 Å². The molecule has 0 fully saturated rings. The molecule has 45 heavy (non-hydrogen) atoms. The van der Waals surface area contributed by atoms with Gasteiger partial charge in [0.1, 0.15) is 52.8 Å². The van der Waals surface area contributed by atoms with E-state index in [0.29, 0.717) is 28.6 Å². The maximum Gasteiger partial charge on any atom is 0.255 e. The summed E-state index contributed by atoms with van der Waals surface area (Å²) in [6.07, 6.45) is 0. The highest BCUT2D eigenvalue weighted by atomic mass is 16.5. The molecule has 0 bridgehead atoms. The minimum absolute atomic E-state index is 0.116. The maximum atomic E-state index is 13.6. The van der Waals surface area contributed by atoms with Gasteiger partial charge in [0.25, 0.3) is 5.91 Å². The zero-order chi connectivity index (χ0) is 31.6. The highest BCUT2D eigenvalue weighted by Gasteiger charge is 2.50. The third kappa shape index (κ3) is 4.76. The number of benzene rings is 5. The summed E-state index contributed by atoms with van der Waals surface area (Å²) in [5.74, 6) is 1.77. The molecule has 0 radical (unpaired) electrons. The standard InChI is InChI=1S/C37H21N5O3/c1-42-36(43)34-4-2-3-5-35(34)37(42,28-8-14-30(15-9-28)44-32-12-6-24(20-38)26(18-32)22-40)29-10-16-31(17-11-29)45-33-13-7-25(21-39)27(19-33)23-41/h2-19H,1H3. The van der Waals surface area contributed by atoms with Crippen LogP contribution in [-0.2, 0) is 5.54 Å². The van der Waals surface area contributed by atoms with E-state index in [4.69, 9.17) is 9.47 Å². The lowest BCUT2D eigenvalue weighted by molar-refractivity contribution is 0.0736. The van der Waals surface area contributed by atoms with Crippen molar-refractivity contribution >= 4 is 5.91 Å². The Bertz CT molecular complexity index is 2020. The SMILES string of the molecule is CN1C(=O)c2ccccc2C1(c1ccc(Oc2ccc(C#N)c(C#N)c2)cc1)c1ccc(Oc2ccc(C#N)c(C#N)c2)cc1. The second-order valence-electron chi connectivity index (χ2n) is 10.2. The van der Waals surface area contributed by atoms with E-state index in [0.717, 1.165) is 16.7 Å². The largest absolute Gasteiger partial charge is 0.457 e. The molecule has 1 heterocycles. The van der Waals surface area contributed by atoms with Crippen molar-refractivity contribution in [3.63, 3.8) is 0 Å². The first-order valence-electron chi connectivity index (χ1n) is 13.8. The fourth-order valence-electron chi connectivity index (χ4n) is 5.72. The number of ether oxygens (including phenoxy) is 2. The van der Waals surface area contributed by atoms with Gasteiger partial charge in [0.2, 0.25) is 0 Å². The second kappa shape index (κ2) is 11.4. The van der Waals surface area contributed by atoms with Crippen LogP contribution in [0.4, 0.5) is 0 Å². The first kappa shape index (κ1) is 28.3. The average molecular weight is 584 g/mol. The molecule has 0 unspecified atom stereocenters. The monoisotopic (exact) mass is 583 g/mol. The van der Waals surface area contributed by atoms with Gasteiger partial charge in [-0.15, -0.1) is 0 Å². The van der Waals surface area contributed by atoms with Gasteiger partial charge in [-0.25, -0.2) is 0 Å². The maximum absolute atomic E-state index is 13.6. The fourth-order valence-corrected chi connectivity index (χ4v) is 5.72. The molecule has 0 spiro atoms. The fraction of sp³-hybridized carbons (Fsp3) is 0.0541. The van der Waals surface area contributed by atoms with Crippen LogP contribution in [0.3, 0.4) is 0 Å². The number of amides is 1. The Morgan fingerprint density at radius 1 is 0.556 bits per heavy atom. The van der Waals surface area contributed by atoms with Gasteiger partial charge in [-0.1, -0.05) is 42.5 Å². The Morgan fingerprint density at radius 3 is 1.42 bits per heavy atom. The first-order valence-corrected chi connectivity index (χ1v) is 13.8. The lowest BCUT2D eigenvalue weighted by atomic mass is 9.77. The number of hydrogen-bond acceptors (Lipinski definition) is 7.